The van der Waals surface area contributed by atoms with Crippen LogP contribution < -0.4 is 0 Å². The molecule has 1 aromatic heterocycles. The summed E-state index contributed by atoms with van der Waals surface area (Å²) >= 11 is 6.01. The molecule has 4 nitrogen and oxygen atoms in total. The number of nitrogens with zero attached hydrogens (tertiary/aromatic N) is 2. The molecule has 2 aliphatic rings. The zero-order chi connectivity index (χ0) is 15.3. The third-order valence-corrected chi connectivity index (χ3v) is 5.34. The Morgan fingerprint density at radius 2 is 1.95 bits per heavy atom. The third kappa shape index (κ3) is 2.31. The number of likely N-dealkylation sites (tertiary alicyclic amines) is 2. The highest BCUT2D eigenvalue weighted by atomic mass is 35.5. The molecule has 0 radical (unpaired) electrons. The molecular formula is C17H20ClN3O. The standard InChI is InChI=1S/C17H20ClN3O/c1-2-20-7-12-9-21(10-13(12)8-20)17(22)16-6-11-5-14(18)3-4-15(11)19-16/h3-6,12-13,19H,2,7-10H2,1H3. The van der Waals surface area contributed by atoms with Gasteiger partial charge in [0.05, 0.1) is 0 Å². The Morgan fingerprint density at radius 3 is 2.64 bits per heavy atom. The van der Waals surface area contributed by atoms with Gasteiger partial charge in [0.1, 0.15) is 5.69 Å². The second-order valence-corrected chi connectivity index (χ2v) is 6.93. The van der Waals surface area contributed by atoms with Crippen molar-refractivity contribution in [2.24, 2.45) is 11.8 Å². The van der Waals surface area contributed by atoms with E-state index in [2.05, 4.69) is 16.8 Å². The van der Waals surface area contributed by atoms with Crippen molar-refractivity contribution >= 4 is 28.4 Å². The Bertz CT molecular complexity index is 712. The molecule has 5 heteroatoms. The average Bonchev–Trinajstić information content (AvgIpc) is 3.17. The van der Waals surface area contributed by atoms with E-state index in [1.165, 1.54) is 0 Å². The molecule has 0 aliphatic carbocycles. The van der Waals surface area contributed by atoms with Gasteiger partial charge in [0.25, 0.3) is 5.91 Å². The molecule has 4 rings (SSSR count). The Labute approximate surface area is 135 Å². The van der Waals surface area contributed by atoms with E-state index in [4.69, 9.17) is 11.6 Å². The number of halogens is 1. The van der Waals surface area contributed by atoms with Crippen molar-refractivity contribution in [1.82, 2.24) is 14.8 Å². The van der Waals surface area contributed by atoms with Crippen LogP contribution in [0.2, 0.25) is 5.02 Å². The minimum Gasteiger partial charge on any atom is -0.351 e. The molecule has 2 fully saturated rings. The van der Waals surface area contributed by atoms with Crippen molar-refractivity contribution in [1.29, 1.82) is 0 Å². The van der Waals surface area contributed by atoms with Crippen LogP contribution in [0.3, 0.4) is 0 Å². The van der Waals surface area contributed by atoms with Crippen LogP contribution in [0.5, 0.6) is 0 Å². The largest absolute Gasteiger partial charge is 0.351 e. The summed E-state index contributed by atoms with van der Waals surface area (Å²) in [5.41, 5.74) is 1.63. The minimum atomic E-state index is 0.116. The minimum absolute atomic E-state index is 0.116. The lowest BCUT2D eigenvalue weighted by Crippen LogP contribution is -2.33. The first-order valence-electron chi connectivity index (χ1n) is 7.94. The fourth-order valence-corrected chi connectivity index (χ4v) is 4.08. The maximum atomic E-state index is 12.7. The zero-order valence-corrected chi connectivity index (χ0v) is 13.4. The molecule has 0 spiro atoms. The SMILES string of the molecule is CCN1CC2CN(C(=O)c3cc4cc(Cl)ccc4[nH]3)CC2C1. The predicted octanol–water partition coefficient (Wildman–Crippen LogP) is 2.85. The molecule has 22 heavy (non-hydrogen) atoms. The van der Waals surface area contributed by atoms with Crippen LogP contribution in [-0.4, -0.2) is 53.4 Å². The Kier molecular flexibility index (Phi) is 3.39. The number of carbonyl (C=O) groups excluding carboxylic acids is 1. The van der Waals surface area contributed by atoms with E-state index < -0.39 is 0 Å². The van der Waals surface area contributed by atoms with E-state index in [1.807, 2.05) is 29.2 Å². The number of rotatable bonds is 2. The van der Waals surface area contributed by atoms with Crippen LogP contribution in [0.4, 0.5) is 0 Å². The Hall–Kier alpha value is -1.52. The molecule has 2 atom stereocenters. The second kappa shape index (κ2) is 5.28. The number of nitrogens with one attached hydrogen (secondary N) is 1. The normalized spacial score (nSPS) is 25.1. The van der Waals surface area contributed by atoms with Crippen molar-refractivity contribution in [3.05, 3.63) is 35.0 Å². The van der Waals surface area contributed by atoms with Gasteiger partial charge in [-0.2, -0.15) is 0 Å². The zero-order valence-electron chi connectivity index (χ0n) is 12.7. The Balaban J connectivity index is 1.52. The van der Waals surface area contributed by atoms with E-state index in [-0.39, 0.29) is 5.91 Å². The lowest BCUT2D eigenvalue weighted by Gasteiger charge is -2.20. The van der Waals surface area contributed by atoms with Crippen molar-refractivity contribution < 1.29 is 4.79 Å². The number of fused-ring (bicyclic) bond motifs is 2. The molecule has 2 saturated heterocycles. The van der Waals surface area contributed by atoms with Crippen molar-refractivity contribution in [2.45, 2.75) is 6.92 Å². The first-order chi connectivity index (χ1) is 10.6. The van der Waals surface area contributed by atoms with Gasteiger partial charge in [0.15, 0.2) is 0 Å². The summed E-state index contributed by atoms with van der Waals surface area (Å²) in [5.74, 6) is 1.40. The van der Waals surface area contributed by atoms with E-state index in [1.54, 1.807) is 0 Å². The van der Waals surface area contributed by atoms with E-state index in [0.29, 0.717) is 22.6 Å². The number of hydrogen-bond acceptors (Lipinski definition) is 2. The van der Waals surface area contributed by atoms with Gasteiger partial charge in [-0.25, -0.2) is 0 Å². The highest BCUT2D eigenvalue weighted by Gasteiger charge is 2.41. The van der Waals surface area contributed by atoms with Gasteiger partial charge in [0, 0.05) is 42.1 Å². The first kappa shape index (κ1) is 14.1. The van der Waals surface area contributed by atoms with Crippen LogP contribution >= 0.6 is 11.6 Å². The average molecular weight is 318 g/mol. The number of benzene rings is 1. The number of H-pyrrole nitrogens is 1. The number of carbonyl (C=O) groups is 1. The summed E-state index contributed by atoms with van der Waals surface area (Å²) in [6.07, 6.45) is 0. The van der Waals surface area contributed by atoms with Gasteiger partial charge in [0.2, 0.25) is 0 Å². The fourth-order valence-electron chi connectivity index (χ4n) is 3.90. The molecule has 2 aliphatic heterocycles. The molecule has 1 N–H and O–H groups in total. The van der Waals surface area contributed by atoms with Crippen LogP contribution in [-0.2, 0) is 0 Å². The summed E-state index contributed by atoms with van der Waals surface area (Å²) < 4.78 is 0. The first-order valence-corrected chi connectivity index (χ1v) is 8.31. The van der Waals surface area contributed by atoms with Gasteiger partial charge in [-0.1, -0.05) is 18.5 Å². The van der Waals surface area contributed by atoms with Crippen LogP contribution in [0.1, 0.15) is 17.4 Å². The topological polar surface area (TPSA) is 39.3 Å². The summed E-state index contributed by atoms with van der Waals surface area (Å²) in [5, 5.41) is 1.69. The van der Waals surface area contributed by atoms with Crippen molar-refractivity contribution in [3.63, 3.8) is 0 Å². The molecular weight excluding hydrogens is 298 g/mol. The smallest absolute Gasteiger partial charge is 0.270 e. The number of hydrogen-bond donors (Lipinski definition) is 1. The van der Waals surface area contributed by atoms with E-state index in [9.17, 15) is 4.79 Å². The summed E-state index contributed by atoms with van der Waals surface area (Å²) in [7, 11) is 0. The number of aromatic amines is 1. The lowest BCUT2D eigenvalue weighted by atomic mass is 10.0. The molecule has 1 amide bonds. The summed E-state index contributed by atoms with van der Waals surface area (Å²) in [6, 6.07) is 7.57. The highest BCUT2D eigenvalue weighted by molar-refractivity contribution is 6.31. The van der Waals surface area contributed by atoms with Crippen LogP contribution in [0, 0.1) is 11.8 Å². The molecule has 2 unspecified atom stereocenters. The van der Waals surface area contributed by atoms with Gasteiger partial charge in [-0.05, 0) is 42.6 Å². The van der Waals surface area contributed by atoms with Crippen LogP contribution in [0.15, 0.2) is 24.3 Å². The Morgan fingerprint density at radius 1 is 1.23 bits per heavy atom. The predicted molar refractivity (Wildman–Crippen MR) is 88.3 cm³/mol. The molecule has 116 valence electrons. The molecule has 3 heterocycles. The summed E-state index contributed by atoms with van der Waals surface area (Å²) in [4.78, 5) is 20.5. The van der Waals surface area contributed by atoms with Gasteiger partial charge < -0.3 is 14.8 Å². The molecule has 1 aromatic carbocycles. The number of aromatic nitrogens is 1. The molecule has 2 aromatic rings. The number of amides is 1. The van der Waals surface area contributed by atoms with E-state index in [0.717, 1.165) is 43.6 Å². The monoisotopic (exact) mass is 317 g/mol. The third-order valence-electron chi connectivity index (χ3n) is 5.11. The lowest BCUT2D eigenvalue weighted by molar-refractivity contribution is 0.0769. The second-order valence-electron chi connectivity index (χ2n) is 6.50. The molecule has 0 saturated carbocycles. The van der Waals surface area contributed by atoms with Crippen LogP contribution in [0.25, 0.3) is 10.9 Å². The highest BCUT2D eigenvalue weighted by Crippen LogP contribution is 2.32. The molecule has 0 bridgehead atoms. The van der Waals surface area contributed by atoms with Gasteiger partial charge >= 0.3 is 0 Å². The van der Waals surface area contributed by atoms with Crippen molar-refractivity contribution in [3.8, 4) is 0 Å². The van der Waals surface area contributed by atoms with Gasteiger partial charge in [-0.15, -0.1) is 0 Å². The van der Waals surface area contributed by atoms with Crippen molar-refractivity contribution in [2.75, 3.05) is 32.7 Å². The van der Waals surface area contributed by atoms with E-state index >= 15 is 0 Å². The summed E-state index contributed by atoms with van der Waals surface area (Å²) in [6.45, 7) is 7.36. The quantitative estimate of drug-likeness (QED) is 0.925. The maximum Gasteiger partial charge on any atom is 0.270 e. The maximum absolute atomic E-state index is 12.7. The van der Waals surface area contributed by atoms with Gasteiger partial charge in [-0.3, -0.25) is 4.79 Å². The fraction of sp³-hybridized carbons (Fsp3) is 0.471.